The van der Waals surface area contributed by atoms with E-state index in [-0.39, 0.29) is 31.4 Å². The van der Waals surface area contributed by atoms with Gasteiger partial charge in [0, 0.05) is 18.4 Å². The minimum absolute atomic E-state index is 0.0146. The van der Waals surface area contributed by atoms with Gasteiger partial charge in [0.2, 0.25) is 27.7 Å². The number of hydrogen-bond donors (Lipinski definition) is 3. The van der Waals surface area contributed by atoms with Crippen LogP contribution in [0.25, 0.3) is 11.0 Å². The molecule has 3 aliphatic carbocycles. The second kappa shape index (κ2) is 15.6. The minimum atomic E-state index is -3.99. The maximum absolute atomic E-state index is 14.6. The molecule has 0 bridgehead atoms. The van der Waals surface area contributed by atoms with Crippen molar-refractivity contribution in [3.8, 4) is 11.6 Å². The van der Waals surface area contributed by atoms with Crippen molar-refractivity contribution in [2.45, 2.75) is 138 Å². The molecule has 3 heterocycles. The zero-order valence-corrected chi connectivity index (χ0v) is 32.6. The van der Waals surface area contributed by atoms with E-state index in [9.17, 15) is 27.6 Å². The summed E-state index contributed by atoms with van der Waals surface area (Å²) in [7, 11) is -2.43. The van der Waals surface area contributed by atoms with Gasteiger partial charge in [-0.1, -0.05) is 31.4 Å². The van der Waals surface area contributed by atoms with Gasteiger partial charge in [-0.2, -0.15) is 0 Å². The smallest absolute Gasteiger partial charge is 0.408 e. The lowest BCUT2D eigenvalue weighted by atomic mass is 9.98. The van der Waals surface area contributed by atoms with Gasteiger partial charge in [-0.05, 0) is 90.2 Å². The van der Waals surface area contributed by atoms with Gasteiger partial charge in [0.25, 0.3) is 5.91 Å². The highest BCUT2D eigenvalue weighted by Gasteiger charge is 2.63. The first-order valence-electron chi connectivity index (χ1n) is 19.6. The third-order valence-corrected chi connectivity index (χ3v) is 14.0. The number of carbonyl (C=O) groups is 4. The van der Waals surface area contributed by atoms with E-state index in [1.54, 1.807) is 39.2 Å². The number of rotatable bonds is 8. The SMILES string of the molecule is COc1ccc2nc(C)c(O[C@@H]3C[C@H]4C(=O)N[C@]5(C(=O)NS(=O)(=O)C6(C)CC6)C[C@H]5/C=C\CCCCC[C@H](NC(=O)OC5CCCCC5)C(=O)N4C3)nc2c1. The van der Waals surface area contributed by atoms with Crippen LogP contribution in [0.1, 0.15) is 103 Å². The average Bonchev–Trinajstić information content (AvgIpc) is 4.04. The Balaban J connectivity index is 1.17. The molecule has 4 fully saturated rings. The Labute approximate surface area is 321 Å². The lowest BCUT2D eigenvalue weighted by molar-refractivity contribution is -0.141. The Bertz CT molecular complexity index is 1960. The molecule has 4 amide bonds. The lowest BCUT2D eigenvalue weighted by Gasteiger charge is -2.30. The number of benzene rings is 1. The zero-order valence-electron chi connectivity index (χ0n) is 31.8. The summed E-state index contributed by atoms with van der Waals surface area (Å²) in [5.41, 5.74) is 0.179. The number of aromatic nitrogens is 2. The molecule has 5 aliphatic rings. The van der Waals surface area contributed by atoms with Crippen LogP contribution in [0.15, 0.2) is 30.4 Å². The van der Waals surface area contributed by atoms with Crippen molar-refractivity contribution in [2.75, 3.05) is 13.7 Å². The number of nitrogens with one attached hydrogen (secondary N) is 3. The summed E-state index contributed by atoms with van der Waals surface area (Å²) >= 11 is 0. The van der Waals surface area contributed by atoms with E-state index in [0.717, 1.165) is 44.9 Å². The highest BCUT2D eigenvalue weighted by Crippen LogP contribution is 2.47. The fourth-order valence-corrected chi connectivity index (χ4v) is 9.27. The number of ether oxygens (including phenoxy) is 3. The molecule has 0 unspecified atom stereocenters. The van der Waals surface area contributed by atoms with Gasteiger partial charge in [-0.25, -0.2) is 23.2 Å². The fraction of sp³-hybridized carbons (Fsp3) is 0.641. The third-order valence-electron chi connectivity index (χ3n) is 11.9. The molecule has 5 atom stereocenters. The van der Waals surface area contributed by atoms with Gasteiger partial charge >= 0.3 is 6.09 Å². The second-order valence-electron chi connectivity index (χ2n) is 16.0. The first-order valence-corrected chi connectivity index (χ1v) is 21.1. The summed E-state index contributed by atoms with van der Waals surface area (Å²) in [6.07, 6.45) is 11.2. The molecule has 15 nitrogen and oxygen atoms in total. The molecule has 2 aromatic rings. The van der Waals surface area contributed by atoms with Crippen LogP contribution in [0, 0.1) is 12.8 Å². The van der Waals surface area contributed by atoms with Crippen LogP contribution in [-0.2, 0) is 29.1 Å². The third kappa shape index (κ3) is 8.38. The highest BCUT2D eigenvalue weighted by molar-refractivity contribution is 7.91. The number of methoxy groups -OCH3 is 1. The van der Waals surface area contributed by atoms with Crippen molar-refractivity contribution in [2.24, 2.45) is 5.92 Å². The number of sulfonamides is 1. The highest BCUT2D eigenvalue weighted by atomic mass is 32.2. The zero-order chi connectivity index (χ0) is 39.0. The van der Waals surface area contributed by atoms with Crippen LogP contribution >= 0.6 is 0 Å². The average molecular weight is 781 g/mol. The maximum atomic E-state index is 14.6. The molecule has 7 rings (SSSR count). The normalized spacial score (nSPS) is 29.0. The topological polar surface area (TPSA) is 195 Å². The van der Waals surface area contributed by atoms with Crippen LogP contribution in [0.2, 0.25) is 0 Å². The lowest BCUT2D eigenvalue weighted by Crippen LogP contribution is -2.58. The molecule has 298 valence electrons. The Morgan fingerprint density at radius 3 is 2.47 bits per heavy atom. The van der Waals surface area contributed by atoms with E-state index < -0.39 is 68.2 Å². The standard InChI is InChI=1S/C39H52N6O9S/c1-24-34(41-31-20-27(52-3)16-17-29(31)40-24)53-28-21-32-33(46)43-39(36(48)44-55(50,51)38(2)18-19-38)22-25(39)12-8-5-4-6-11-15-30(35(47)45(32)23-28)42-37(49)54-26-13-9-7-10-14-26/h8,12,16-17,20,25-26,28,30,32H,4-7,9-11,13-15,18-19,21-23H2,1-3H3,(H,42,49)(H,43,46)(H,44,48)/b12-8-/t25-,28-,30+,32+,39-/m1/s1. The maximum Gasteiger partial charge on any atom is 0.408 e. The second-order valence-corrected chi connectivity index (χ2v) is 18.2. The van der Waals surface area contributed by atoms with Crippen molar-refractivity contribution >= 4 is 44.9 Å². The van der Waals surface area contributed by atoms with Gasteiger partial charge in [0.05, 0.1) is 29.4 Å². The van der Waals surface area contributed by atoms with Gasteiger partial charge in [-0.15, -0.1) is 0 Å². The molecule has 1 aromatic carbocycles. The molecule has 0 radical (unpaired) electrons. The number of carbonyl (C=O) groups excluding carboxylic acids is 4. The van der Waals surface area contributed by atoms with E-state index in [1.807, 2.05) is 12.2 Å². The number of nitrogens with zero attached hydrogens (tertiary/aromatic N) is 3. The first-order chi connectivity index (χ1) is 26.3. The van der Waals surface area contributed by atoms with E-state index in [2.05, 4.69) is 25.3 Å². The van der Waals surface area contributed by atoms with Crippen molar-refractivity contribution in [1.29, 1.82) is 0 Å². The molecular formula is C39H52N6O9S. The van der Waals surface area contributed by atoms with Gasteiger partial charge in [-0.3, -0.25) is 19.1 Å². The summed E-state index contributed by atoms with van der Waals surface area (Å²) in [6, 6.07) is 3.23. The van der Waals surface area contributed by atoms with E-state index in [0.29, 0.717) is 54.6 Å². The molecule has 3 N–H and O–H groups in total. The predicted molar refractivity (Wildman–Crippen MR) is 202 cm³/mol. The minimum Gasteiger partial charge on any atom is -0.497 e. The van der Waals surface area contributed by atoms with E-state index in [4.69, 9.17) is 14.2 Å². The molecule has 16 heteroatoms. The molecule has 2 aliphatic heterocycles. The number of alkyl carbamates (subject to hydrolysis) is 1. The largest absolute Gasteiger partial charge is 0.497 e. The molecule has 55 heavy (non-hydrogen) atoms. The summed E-state index contributed by atoms with van der Waals surface area (Å²) in [6.45, 7) is 3.34. The van der Waals surface area contributed by atoms with Crippen molar-refractivity contribution in [3.63, 3.8) is 0 Å². The monoisotopic (exact) mass is 780 g/mol. The fourth-order valence-electron chi connectivity index (χ4n) is 7.96. The molecule has 1 aromatic heterocycles. The number of allylic oxidation sites excluding steroid dienone is 1. The number of aryl methyl sites for hydroxylation is 1. The van der Waals surface area contributed by atoms with Gasteiger partial charge in [0.15, 0.2) is 0 Å². The summed E-state index contributed by atoms with van der Waals surface area (Å²) in [5.74, 6) is -1.49. The Kier molecular flexibility index (Phi) is 11.0. The summed E-state index contributed by atoms with van der Waals surface area (Å²) in [4.78, 5) is 66.8. The van der Waals surface area contributed by atoms with Crippen LogP contribution in [0.4, 0.5) is 4.79 Å². The molecular weight excluding hydrogens is 729 g/mol. The van der Waals surface area contributed by atoms with Crippen molar-refractivity contribution < 1.29 is 41.8 Å². The quantitative estimate of drug-likeness (QED) is 0.326. The Hall–Kier alpha value is -4.47. The Morgan fingerprint density at radius 1 is 0.982 bits per heavy atom. The first kappa shape index (κ1) is 38.8. The Morgan fingerprint density at radius 2 is 1.73 bits per heavy atom. The number of fused-ring (bicyclic) bond motifs is 3. The predicted octanol–water partition coefficient (Wildman–Crippen LogP) is 4.12. The number of amides is 4. The van der Waals surface area contributed by atoms with Gasteiger partial charge < -0.3 is 29.7 Å². The van der Waals surface area contributed by atoms with Crippen LogP contribution < -0.4 is 24.8 Å². The molecule has 1 saturated heterocycles. The molecule has 0 spiro atoms. The number of hydrogen-bond acceptors (Lipinski definition) is 11. The summed E-state index contributed by atoms with van der Waals surface area (Å²) < 4.78 is 45.0. The van der Waals surface area contributed by atoms with Gasteiger partial charge in [0.1, 0.15) is 41.3 Å². The molecule has 3 saturated carbocycles. The van der Waals surface area contributed by atoms with E-state index >= 15 is 0 Å². The summed E-state index contributed by atoms with van der Waals surface area (Å²) in [5, 5.41) is 5.72. The van der Waals surface area contributed by atoms with Crippen LogP contribution in [0.3, 0.4) is 0 Å². The van der Waals surface area contributed by atoms with E-state index in [1.165, 1.54) is 4.90 Å². The van der Waals surface area contributed by atoms with Crippen molar-refractivity contribution in [1.82, 2.24) is 30.2 Å². The van der Waals surface area contributed by atoms with Crippen LogP contribution in [-0.4, -0.2) is 95.3 Å². The van der Waals surface area contributed by atoms with Crippen LogP contribution in [0.5, 0.6) is 11.6 Å². The van der Waals surface area contributed by atoms with Crippen molar-refractivity contribution in [3.05, 3.63) is 36.0 Å².